The highest BCUT2D eigenvalue weighted by Crippen LogP contribution is 1.72. The Morgan fingerprint density at radius 3 is 2.00 bits per heavy atom. The van der Waals surface area contributed by atoms with Gasteiger partial charge in [0.1, 0.15) is 0 Å². The molecule has 29 valence electrons. The van der Waals surface area contributed by atoms with Crippen molar-refractivity contribution in [1.82, 2.24) is 10.9 Å². The molecule has 1 saturated heterocycles. The Bertz CT molecular complexity index is 16.5. The van der Waals surface area contributed by atoms with Gasteiger partial charge in [-0.1, -0.05) is 0 Å². The molecule has 0 bridgehead atoms. The van der Waals surface area contributed by atoms with E-state index in [0.29, 0.717) is 0 Å². The monoisotopic (exact) mass is 71.1 g/mol. The molecule has 5 heavy (non-hydrogen) atoms. The molecule has 1 aliphatic heterocycles. The molecule has 1 radical (unpaired) electrons. The van der Waals surface area contributed by atoms with E-state index in [0.717, 1.165) is 13.1 Å². The van der Waals surface area contributed by atoms with Gasteiger partial charge in [0.25, 0.3) is 0 Å². The van der Waals surface area contributed by atoms with Crippen molar-refractivity contribution in [2.75, 3.05) is 13.1 Å². The van der Waals surface area contributed by atoms with E-state index < -0.39 is 0 Å². The maximum absolute atomic E-state index is 2.92. The van der Waals surface area contributed by atoms with Crippen molar-refractivity contribution in [3.8, 4) is 0 Å². The second-order valence-corrected chi connectivity index (χ2v) is 1.05. The van der Waals surface area contributed by atoms with Gasteiger partial charge in [-0.05, 0) is 6.42 Å². The van der Waals surface area contributed by atoms with Gasteiger partial charge in [0.2, 0.25) is 0 Å². The molecular weight excluding hydrogens is 64.0 g/mol. The van der Waals surface area contributed by atoms with Gasteiger partial charge in [0, 0.05) is 13.1 Å². The Morgan fingerprint density at radius 1 is 1.20 bits per heavy atom. The van der Waals surface area contributed by atoms with E-state index in [9.17, 15) is 0 Å². The summed E-state index contributed by atoms with van der Waals surface area (Å²) in [5, 5.41) is 0. The van der Waals surface area contributed by atoms with E-state index in [-0.39, 0.29) is 0 Å². The van der Waals surface area contributed by atoms with Crippen LogP contribution in [-0.4, -0.2) is 13.1 Å². The van der Waals surface area contributed by atoms with Crippen molar-refractivity contribution in [2.24, 2.45) is 0 Å². The maximum Gasteiger partial charge on any atom is 0.0144 e. The Morgan fingerprint density at radius 2 is 1.80 bits per heavy atom. The molecule has 2 nitrogen and oxygen atoms in total. The van der Waals surface area contributed by atoms with Crippen molar-refractivity contribution in [2.45, 2.75) is 0 Å². The van der Waals surface area contributed by atoms with Crippen LogP contribution in [0.5, 0.6) is 0 Å². The Kier molecular flexibility index (Phi) is 0.862. The van der Waals surface area contributed by atoms with Crippen LogP contribution in [0.1, 0.15) is 0 Å². The molecule has 0 aromatic carbocycles. The predicted molar refractivity (Wildman–Crippen MR) is 20.3 cm³/mol. The zero-order valence-corrected chi connectivity index (χ0v) is 2.99. The molecule has 0 saturated carbocycles. The largest absolute Gasteiger partial charge is 0.258 e. The third kappa shape index (κ3) is 0.597. The number of hydrogen-bond donors (Lipinski definition) is 2. The summed E-state index contributed by atoms with van der Waals surface area (Å²) < 4.78 is 0. The molecule has 0 unspecified atom stereocenters. The van der Waals surface area contributed by atoms with Crippen LogP contribution in [0.2, 0.25) is 0 Å². The summed E-state index contributed by atoms with van der Waals surface area (Å²) in [5.41, 5.74) is 5.83. The van der Waals surface area contributed by atoms with Gasteiger partial charge in [0.15, 0.2) is 0 Å². The van der Waals surface area contributed by atoms with Crippen molar-refractivity contribution < 1.29 is 0 Å². The Labute approximate surface area is 31.5 Å². The number of hydrogen-bond acceptors (Lipinski definition) is 2. The standard InChI is InChI=1S/C3H7N2/c1-2-4-5-3-1/h1,4-5H,2-3H2. The minimum atomic E-state index is 1.01. The van der Waals surface area contributed by atoms with Gasteiger partial charge < -0.3 is 0 Å². The van der Waals surface area contributed by atoms with E-state index in [1.807, 2.05) is 0 Å². The lowest BCUT2D eigenvalue weighted by Crippen LogP contribution is -2.21. The zero-order valence-electron chi connectivity index (χ0n) is 2.99. The summed E-state index contributed by atoms with van der Waals surface area (Å²) in [7, 11) is 0. The van der Waals surface area contributed by atoms with Gasteiger partial charge in [-0.2, -0.15) is 0 Å². The van der Waals surface area contributed by atoms with Crippen molar-refractivity contribution in [1.29, 1.82) is 0 Å². The second-order valence-electron chi connectivity index (χ2n) is 1.05. The maximum atomic E-state index is 2.92. The van der Waals surface area contributed by atoms with Crippen molar-refractivity contribution >= 4 is 0 Å². The first-order valence-electron chi connectivity index (χ1n) is 1.77. The number of rotatable bonds is 0. The molecule has 2 heteroatoms. The van der Waals surface area contributed by atoms with Gasteiger partial charge >= 0.3 is 0 Å². The SMILES string of the molecule is [CH]1CNNC1. The minimum Gasteiger partial charge on any atom is -0.258 e. The highest BCUT2D eigenvalue weighted by Gasteiger charge is 1.91. The van der Waals surface area contributed by atoms with E-state index in [1.165, 1.54) is 0 Å². The molecule has 0 aromatic heterocycles. The molecule has 2 N–H and O–H groups in total. The summed E-state index contributed by atoms with van der Waals surface area (Å²) in [5.74, 6) is 0. The van der Waals surface area contributed by atoms with Crippen LogP contribution in [0.3, 0.4) is 0 Å². The third-order valence-electron chi connectivity index (χ3n) is 0.618. The van der Waals surface area contributed by atoms with Gasteiger partial charge in [-0.15, -0.1) is 0 Å². The van der Waals surface area contributed by atoms with E-state index in [2.05, 4.69) is 17.3 Å². The zero-order chi connectivity index (χ0) is 3.54. The second kappa shape index (κ2) is 1.38. The fourth-order valence-corrected chi connectivity index (χ4v) is 0.361. The summed E-state index contributed by atoms with van der Waals surface area (Å²) in [6.07, 6.45) is 2.14. The minimum absolute atomic E-state index is 1.01. The summed E-state index contributed by atoms with van der Waals surface area (Å²) in [4.78, 5) is 0. The molecule has 1 aliphatic rings. The lowest BCUT2D eigenvalue weighted by Gasteiger charge is -1.81. The highest BCUT2D eigenvalue weighted by atomic mass is 15.4. The van der Waals surface area contributed by atoms with Gasteiger partial charge in [0.05, 0.1) is 0 Å². The Hall–Kier alpha value is -0.0800. The highest BCUT2D eigenvalue weighted by molar-refractivity contribution is 4.74. The van der Waals surface area contributed by atoms with Crippen LogP contribution in [0.25, 0.3) is 0 Å². The lowest BCUT2D eigenvalue weighted by atomic mass is 10.5. The predicted octanol–water partition coefficient (Wildman–Crippen LogP) is -0.702. The van der Waals surface area contributed by atoms with Crippen LogP contribution in [0.15, 0.2) is 0 Å². The topological polar surface area (TPSA) is 24.1 Å². The molecule has 0 aromatic rings. The van der Waals surface area contributed by atoms with Gasteiger partial charge in [-0.3, -0.25) is 10.9 Å². The van der Waals surface area contributed by atoms with Crippen LogP contribution >= 0.6 is 0 Å². The number of hydrazine groups is 1. The summed E-state index contributed by atoms with van der Waals surface area (Å²) in [6, 6.07) is 0. The van der Waals surface area contributed by atoms with Crippen molar-refractivity contribution in [3.63, 3.8) is 0 Å². The fraction of sp³-hybridized carbons (Fsp3) is 0.667. The summed E-state index contributed by atoms with van der Waals surface area (Å²) >= 11 is 0. The first-order chi connectivity index (χ1) is 2.50. The average Bonchev–Trinajstić information content (AvgIpc) is 1.76. The average molecular weight is 71.1 g/mol. The normalized spacial score (nSPS) is 24.0. The fourth-order valence-electron chi connectivity index (χ4n) is 0.361. The molecule has 1 fully saturated rings. The Balaban J connectivity index is 2.08. The number of nitrogens with one attached hydrogen (secondary N) is 2. The lowest BCUT2D eigenvalue weighted by molar-refractivity contribution is 0.689. The van der Waals surface area contributed by atoms with Crippen LogP contribution in [-0.2, 0) is 0 Å². The quantitative estimate of drug-likeness (QED) is 0.394. The van der Waals surface area contributed by atoms with Crippen LogP contribution in [0, 0.1) is 6.42 Å². The smallest absolute Gasteiger partial charge is 0.0144 e. The first kappa shape index (κ1) is 3.12. The summed E-state index contributed by atoms with van der Waals surface area (Å²) in [6.45, 7) is 2.03. The van der Waals surface area contributed by atoms with E-state index in [4.69, 9.17) is 0 Å². The van der Waals surface area contributed by atoms with Crippen LogP contribution < -0.4 is 10.9 Å². The molecular formula is C3H7N2. The molecule has 0 aliphatic carbocycles. The van der Waals surface area contributed by atoms with E-state index >= 15 is 0 Å². The third-order valence-corrected chi connectivity index (χ3v) is 0.618. The molecule has 1 rings (SSSR count). The van der Waals surface area contributed by atoms with Gasteiger partial charge in [-0.25, -0.2) is 0 Å². The van der Waals surface area contributed by atoms with Crippen LogP contribution in [0.4, 0.5) is 0 Å². The molecule has 1 heterocycles. The van der Waals surface area contributed by atoms with Crippen molar-refractivity contribution in [3.05, 3.63) is 6.42 Å². The first-order valence-corrected chi connectivity index (χ1v) is 1.77. The van der Waals surface area contributed by atoms with E-state index in [1.54, 1.807) is 0 Å². The molecule has 0 spiro atoms. The molecule has 0 amide bonds. The molecule has 0 atom stereocenters.